The van der Waals surface area contributed by atoms with Crippen molar-refractivity contribution in [2.45, 2.75) is 37.1 Å². The molecule has 0 radical (unpaired) electrons. The van der Waals surface area contributed by atoms with Crippen LogP contribution >= 0.6 is 11.8 Å². The van der Waals surface area contributed by atoms with Crippen LogP contribution in [0.1, 0.15) is 25.0 Å². The van der Waals surface area contributed by atoms with E-state index in [-0.39, 0.29) is 17.2 Å². The Kier molecular flexibility index (Phi) is 4.23. The highest BCUT2D eigenvalue weighted by atomic mass is 32.2. The quantitative estimate of drug-likeness (QED) is 0.767. The highest BCUT2D eigenvalue weighted by Crippen LogP contribution is 2.42. The van der Waals surface area contributed by atoms with Gasteiger partial charge in [0.25, 0.3) is 0 Å². The Hall–Kier alpha value is -1.08. The summed E-state index contributed by atoms with van der Waals surface area (Å²) in [6.07, 6.45) is 7.45. The van der Waals surface area contributed by atoms with Crippen LogP contribution in [0.25, 0.3) is 0 Å². The third kappa shape index (κ3) is 3.02. The molecule has 3 N–H and O–H groups in total. The van der Waals surface area contributed by atoms with Gasteiger partial charge in [-0.3, -0.25) is 4.79 Å². The molecule has 0 bridgehead atoms. The fraction of sp³-hybridized carbons (Fsp3) is 0.727. The molecule has 1 aliphatic rings. The van der Waals surface area contributed by atoms with Crippen LogP contribution in [-0.2, 0) is 17.9 Å². The highest BCUT2D eigenvalue weighted by Gasteiger charge is 2.36. The van der Waals surface area contributed by atoms with Crippen LogP contribution in [0.15, 0.2) is 6.20 Å². The number of nitrogens with one attached hydrogen (secondary N) is 1. The van der Waals surface area contributed by atoms with Crippen molar-refractivity contribution in [3.63, 3.8) is 0 Å². The SMILES string of the molecule is CSC1(CNC(=O)Cn2cc(CN)nn2)CCC1. The second kappa shape index (κ2) is 5.71. The normalized spacial score (nSPS) is 17.2. The average Bonchev–Trinajstić information content (AvgIpc) is 2.76. The zero-order chi connectivity index (χ0) is 13.0. The first kappa shape index (κ1) is 13.4. The molecule has 1 aliphatic carbocycles. The number of carbonyl (C=O) groups is 1. The Morgan fingerprint density at radius 3 is 2.94 bits per heavy atom. The van der Waals surface area contributed by atoms with E-state index in [0.717, 1.165) is 6.54 Å². The summed E-state index contributed by atoms with van der Waals surface area (Å²) in [7, 11) is 0. The molecule has 1 fully saturated rings. The van der Waals surface area contributed by atoms with Gasteiger partial charge in [-0.25, -0.2) is 4.68 Å². The lowest BCUT2D eigenvalue weighted by Crippen LogP contribution is -2.45. The van der Waals surface area contributed by atoms with Gasteiger partial charge < -0.3 is 11.1 Å². The molecule has 0 saturated heterocycles. The Balaban J connectivity index is 1.78. The number of nitrogens with zero attached hydrogens (tertiary/aromatic N) is 3. The van der Waals surface area contributed by atoms with E-state index in [9.17, 15) is 4.79 Å². The molecule has 1 heterocycles. The highest BCUT2D eigenvalue weighted by molar-refractivity contribution is 8.00. The lowest BCUT2D eigenvalue weighted by molar-refractivity contribution is -0.122. The first-order valence-electron chi connectivity index (χ1n) is 6.08. The minimum Gasteiger partial charge on any atom is -0.353 e. The maximum absolute atomic E-state index is 11.8. The zero-order valence-corrected chi connectivity index (χ0v) is 11.4. The first-order chi connectivity index (χ1) is 8.67. The number of aromatic nitrogens is 3. The van der Waals surface area contributed by atoms with Crippen molar-refractivity contribution in [3.8, 4) is 0 Å². The van der Waals surface area contributed by atoms with Gasteiger partial charge in [-0.1, -0.05) is 11.6 Å². The maximum Gasteiger partial charge on any atom is 0.241 e. The van der Waals surface area contributed by atoms with Crippen molar-refractivity contribution < 1.29 is 4.79 Å². The Bertz CT molecular complexity index is 410. The summed E-state index contributed by atoms with van der Waals surface area (Å²) < 4.78 is 1.78. The second-order valence-corrected chi connectivity index (χ2v) is 5.90. The molecule has 0 atom stereocenters. The van der Waals surface area contributed by atoms with Crippen molar-refractivity contribution in [2.75, 3.05) is 12.8 Å². The number of hydrogen-bond acceptors (Lipinski definition) is 5. The summed E-state index contributed by atoms with van der Waals surface area (Å²) in [5.41, 5.74) is 6.13. The topological polar surface area (TPSA) is 85.8 Å². The molecular weight excluding hydrogens is 250 g/mol. The fourth-order valence-electron chi connectivity index (χ4n) is 2.00. The largest absolute Gasteiger partial charge is 0.353 e. The third-order valence-corrected chi connectivity index (χ3v) is 4.82. The number of amides is 1. The van der Waals surface area contributed by atoms with Crippen LogP contribution in [0, 0.1) is 0 Å². The first-order valence-corrected chi connectivity index (χ1v) is 7.31. The van der Waals surface area contributed by atoms with Gasteiger partial charge in [0, 0.05) is 17.8 Å². The minimum absolute atomic E-state index is 0.0243. The zero-order valence-electron chi connectivity index (χ0n) is 10.6. The summed E-state index contributed by atoms with van der Waals surface area (Å²) in [4.78, 5) is 11.8. The lowest BCUT2D eigenvalue weighted by Gasteiger charge is -2.40. The Morgan fingerprint density at radius 1 is 1.67 bits per heavy atom. The molecule has 1 aromatic heterocycles. The Labute approximate surface area is 111 Å². The summed E-state index contributed by atoms with van der Waals surface area (Å²) in [5.74, 6) is -0.0243. The molecule has 18 heavy (non-hydrogen) atoms. The molecule has 1 aromatic rings. The number of thioether (sulfide) groups is 1. The Morgan fingerprint density at radius 2 is 2.44 bits per heavy atom. The fourth-order valence-corrected chi connectivity index (χ4v) is 2.91. The van der Waals surface area contributed by atoms with Gasteiger partial charge in [0.2, 0.25) is 5.91 Å². The van der Waals surface area contributed by atoms with Crippen LogP contribution in [-0.4, -0.2) is 38.4 Å². The van der Waals surface area contributed by atoms with Gasteiger partial charge in [-0.05, 0) is 19.1 Å². The summed E-state index contributed by atoms with van der Waals surface area (Å²) >= 11 is 1.85. The summed E-state index contributed by atoms with van der Waals surface area (Å²) in [6.45, 7) is 1.29. The molecule has 0 unspecified atom stereocenters. The molecule has 7 heteroatoms. The number of carbonyl (C=O) groups excluding carboxylic acids is 1. The molecule has 1 saturated carbocycles. The van der Waals surface area contributed by atoms with Gasteiger partial charge in [0.05, 0.1) is 11.9 Å². The van der Waals surface area contributed by atoms with Crippen molar-refractivity contribution >= 4 is 17.7 Å². The molecule has 100 valence electrons. The van der Waals surface area contributed by atoms with E-state index in [0.29, 0.717) is 12.2 Å². The molecule has 0 aliphatic heterocycles. The van der Waals surface area contributed by atoms with E-state index in [2.05, 4.69) is 21.9 Å². The van der Waals surface area contributed by atoms with Gasteiger partial charge in [-0.2, -0.15) is 11.8 Å². The summed E-state index contributed by atoms with van der Waals surface area (Å²) in [5, 5.41) is 10.7. The average molecular weight is 269 g/mol. The molecule has 6 nitrogen and oxygen atoms in total. The molecule has 1 amide bonds. The standard InChI is InChI=1S/C11H19N5OS/c1-18-11(3-2-4-11)8-13-10(17)7-16-6-9(5-12)14-15-16/h6H,2-5,7-8,12H2,1H3,(H,13,17). The number of hydrogen-bond donors (Lipinski definition) is 2. The van der Waals surface area contributed by atoms with Crippen molar-refractivity contribution in [2.24, 2.45) is 5.73 Å². The molecular formula is C11H19N5OS. The van der Waals surface area contributed by atoms with Crippen LogP contribution in [0.2, 0.25) is 0 Å². The van der Waals surface area contributed by atoms with Crippen LogP contribution < -0.4 is 11.1 Å². The monoisotopic (exact) mass is 269 g/mol. The second-order valence-electron chi connectivity index (χ2n) is 4.63. The minimum atomic E-state index is -0.0243. The van der Waals surface area contributed by atoms with Crippen molar-refractivity contribution in [1.29, 1.82) is 0 Å². The van der Waals surface area contributed by atoms with E-state index < -0.39 is 0 Å². The van der Waals surface area contributed by atoms with E-state index in [1.807, 2.05) is 11.8 Å². The van der Waals surface area contributed by atoms with Gasteiger partial charge in [-0.15, -0.1) is 5.10 Å². The molecule has 2 rings (SSSR count). The predicted molar refractivity (Wildman–Crippen MR) is 71.0 cm³/mol. The maximum atomic E-state index is 11.8. The van der Waals surface area contributed by atoms with E-state index in [4.69, 9.17) is 5.73 Å². The summed E-state index contributed by atoms with van der Waals surface area (Å²) in [6, 6.07) is 0. The van der Waals surface area contributed by atoms with Crippen LogP contribution in [0.4, 0.5) is 0 Å². The van der Waals surface area contributed by atoms with E-state index >= 15 is 0 Å². The van der Waals surface area contributed by atoms with Crippen LogP contribution in [0.3, 0.4) is 0 Å². The van der Waals surface area contributed by atoms with Gasteiger partial charge >= 0.3 is 0 Å². The number of nitrogens with two attached hydrogens (primary N) is 1. The van der Waals surface area contributed by atoms with Gasteiger partial charge in [0.1, 0.15) is 6.54 Å². The van der Waals surface area contributed by atoms with Crippen molar-refractivity contribution in [3.05, 3.63) is 11.9 Å². The molecule has 0 aromatic carbocycles. The van der Waals surface area contributed by atoms with E-state index in [1.165, 1.54) is 23.9 Å². The predicted octanol–water partition coefficient (Wildman–Crippen LogP) is 0.139. The van der Waals surface area contributed by atoms with E-state index in [1.54, 1.807) is 6.20 Å². The van der Waals surface area contributed by atoms with Crippen molar-refractivity contribution in [1.82, 2.24) is 20.3 Å². The van der Waals surface area contributed by atoms with Gasteiger partial charge in [0.15, 0.2) is 0 Å². The third-order valence-electron chi connectivity index (χ3n) is 3.41. The number of rotatable bonds is 6. The smallest absolute Gasteiger partial charge is 0.241 e. The molecule has 0 spiro atoms. The van der Waals surface area contributed by atoms with Crippen LogP contribution in [0.5, 0.6) is 0 Å². The lowest BCUT2D eigenvalue weighted by atomic mass is 9.84.